The van der Waals surface area contributed by atoms with Gasteiger partial charge in [-0.25, -0.2) is 9.97 Å². The third kappa shape index (κ3) is 4.33. The first kappa shape index (κ1) is 23.0. The van der Waals surface area contributed by atoms with Gasteiger partial charge in [0.1, 0.15) is 12.2 Å². The first-order valence-electron chi connectivity index (χ1n) is 11.3. The Kier molecular flexibility index (Phi) is 6.03. The predicted octanol–water partition coefficient (Wildman–Crippen LogP) is 3.90. The van der Waals surface area contributed by atoms with Crippen LogP contribution in [0.2, 0.25) is 0 Å². The Hall–Kier alpha value is -4.80. The van der Waals surface area contributed by atoms with Crippen molar-refractivity contribution < 1.29 is 14.1 Å². The molecule has 3 N–H and O–H groups in total. The molecule has 0 aliphatic heterocycles. The second-order valence-corrected chi connectivity index (χ2v) is 8.42. The first-order valence-corrected chi connectivity index (χ1v) is 11.3. The molecule has 36 heavy (non-hydrogen) atoms. The number of carbonyl (C=O) groups excluding carboxylic acids is 1. The number of primary amides is 1. The number of nitrogens with zero attached hydrogens (tertiary/aromatic N) is 6. The fraction of sp³-hybridized carbons (Fsp3) is 0.200. The van der Waals surface area contributed by atoms with Crippen molar-refractivity contribution in [3.05, 3.63) is 72.0 Å². The highest BCUT2D eigenvalue weighted by molar-refractivity contribution is 5.99. The fourth-order valence-corrected chi connectivity index (χ4v) is 3.79. The van der Waals surface area contributed by atoms with Crippen molar-refractivity contribution in [3.8, 4) is 17.3 Å². The standard InChI is InChI=1S/C25H24N8O3/c1-14(2)19-10-15(36-32-19)13-33-20-7-5-4-6-16(20)22(31-33)25-28-12-21(35-3)24(30-25)29-18-8-9-27-11-17(18)23(26)34/h4-12,14H,13H2,1-3H3,(H2,26,34)(H,27,28,29,30). The quantitative estimate of drug-likeness (QED) is 0.335. The van der Waals surface area contributed by atoms with Crippen molar-refractivity contribution in [1.29, 1.82) is 0 Å². The molecule has 0 spiro atoms. The number of aromatic nitrogens is 6. The molecule has 1 amide bonds. The molecule has 1 aromatic carbocycles. The van der Waals surface area contributed by atoms with Gasteiger partial charge in [-0.1, -0.05) is 37.2 Å². The molecule has 5 rings (SSSR count). The summed E-state index contributed by atoms with van der Waals surface area (Å²) in [6, 6.07) is 11.4. The first-order chi connectivity index (χ1) is 17.4. The molecule has 5 aromatic rings. The predicted molar refractivity (Wildman–Crippen MR) is 133 cm³/mol. The molecule has 11 nitrogen and oxygen atoms in total. The summed E-state index contributed by atoms with van der Waals surface area (Å²) in [4.78, 5) is 25.0. The number of ether oxygens (including phenoxy) is 1. The van der Waals surface area contributed by atoms with Crippen LogP contribution in [0, 0.1) is 0 Å². The summed E-state index contributed by atoms with van der Waals surface area (Å²) >= 11 is 0. The van der Waals surface area contributed by atoms with Crippen LogP contribution in [0.1, 0.15) is 41.6 Å². The second-order valence-electron chi connectivity index (χ2n) is 8.42. The normalized spacial score (nSPS) is 11.2. The number of fused-ring (bicyclic) bond motifs is 1. The molecule has 0 aliphatic rings. The third-order valence-corrected chi connectivity index (χ3v) is 5.66. The van der Waals surface area contributed by atoms with Crippen LogP contribution in [0.25, 0.3) is 22.4 Å². The lowest BCUT2D eigenvalue weighted by Gasteiger charge is -2.12. The Labute approximate surface area is 206 Å². The van der Waals surface area contributed by atoms with Crippen LogP contribution in [0.5, 0.6) is 5.75 Å². The number of hydrogen-bond donors (Lipinski definition) is 2. The fourth-order valence-electron chi connectivity index (χ4n) is 3.79. The minimum atomic E-state index is -0.614. The van der Waals surface area contributed by atoms with E-state index in [1.54, 1.807) is 18.5 Å². The molecule has 0 atom stereocenters. The highest BCUT2D eigenvalue weighted by atomic mass is 16.5. The Morgan fingerprint density at radius 2 is 2.06 bits per heavy atom. The van der Waals surface area contributed by atoms with Crippen LogP contribution in [-0.2, 0) is 6.54 Å². The van der Waals surface area contributed by atoms with Gasteiger partial charge in [-0.3, -0.25) is 14.5 Å². The zero-order valence-electron chi connectivity index (χ0n) is 20.0. The monoisotopic (exact) mass is 484 g/mol. The zero-order valence-corrected chi connectivity index (χ0v) is 20.0. The minimum absolute atomic E-state index is 0.224. The van der Waals surface area contributed by atoms with E-state index < -0.39 is 5.91 Å². The Balaban J connectivity index is 1.56. The number of para-hydroxylation sites is 1. The molecular weight excluding hydrogens is 460 g/mol. The molecule has 4 heterocycles. The molecular formula is C25H24N8O3. The highest BCUT2D eigenvalue weighted by Gasteiger charge is 2.19. The number of methoxy groups -OCH3 is 1. The van der Waals surface area contributed by atoms with Crippen molar-refractivity contribution in [2.45, 2.75) is 26.3 Å². The second kappa shape index (κ2) is 9.45. The van der Waals surface area contributed by atoms with E-state index >= 15 is 0 Å². The average Bonchev–Trinajstić information content (AvgIpc) is 3.50. The number of amides is 1. The van der Waals surface area contributed by atoms with Crippen LogP contribution in [0.3, 0.4) is 0 Å². The lowest BCUT2D eigenvalue weighted by Crippen LogP contribution is -2.14. The van der Waals surface area contributed by atoms with Gasteiger partial charge in [0.15, 0.2) is 23.2 Å². The Morgan fingerprint density at radius 3 is 2.81 bits per heavy atom. The van der Waals surface area contributed by atoms with Crippen LogP contribution in [0.15, 0.2) is 59.5 Å². The lowest BCUT2D eigenvalue weighted by atomic mass is 10.1. The Bertz CT molecular complexity index is 1560. The van der Waals surface area contributed by atoms with Gasteiger partial charge >= 0.3 is 0 Å². The number of pyridine rings is 1. The number of hydrogen-bond acceptors (Lipinski definition) is 9. The maximum Gasteiger partial charge on any atom is 0.252 e. The van der Waals surface area contributed by atoms with Gasteiger partial charge in [0.2, 0.25) is 0 Å². The third-order valence-electron chi connectivity index (χ3n) is 5.66. The van der Waals surface area contributed by atoms with Gasteiger partial charge in [-0.05, 0) is 18.1 Å². The highest BCUT2D eigenvalue weighted by Crippen LogP contribution is 2.31. The van der Waals surface area contributed by atoms with Crippen molar-refractivity contribution in [1.82, 2.24) is 29.9 Å². The molecule has 0 fully saturated rings. The van der Waals surface area contributed by atoms with Crippen molar-refractivity contribution in [2.24, 2.45) is 5.73 Å². The maximum atomic E-state index is 11.8. The zero-order chi connectivity index (χ0) is 25.2. The van der Waals surface area contributed by atoms with E-state index in [1.807, 2.05) is 35.0 Å². The summed E-state index contributed by atoms with van der Waals surface area (Å²) in [6.45, 7) is 4.53. The van der Waals surface area contributed by atoms with Crippen LogP contribution in [-0.4, -0.2) is 42.9 Å². The van der Waals surface area contributed by atoms with Crippen LogP contribution in [0.4, 0.5) is 11.5 Å². The van der Waals surface area contributed by atoms with Crippen LogP contribution >= 0.6 is 0 Å². The number of nitrogens with two attached hydrogens (primary N) is 1. The smallest absolute Gasteiger partial charge is 0.252 e. The average molecular weight is 485 g/mol. The van der Waals surface area contributed by atoms with Crippen molar-refractivity contribution in [3.63, 3.8) is 0 Å². The van der Waals surface area contributed by atoms with E-state index in [-0.39, 0.29) is 11.5 Å². The van der Waals surface area contributed by atoms with Gasteiger partial charge < -0.3 is 20.3 Å². The molecule has 0 saturated heterocycles. The number of rotatable bonds is 8. The SMILES string of the molecule is COc1cnc(-c2nn(Cc3cc(C(C)C)no3)c3ccccc23)nc1Nc1ccncc1C(N)=O. The maximum absolute atomic E-state index is 11.8. The molecule has 182 valence electrons. The minimum Gasteiger partial charge on any atom is -0.491 e. The van der Waals surface area contributed by atoms with E-state index in [0.29, 0.717) is 41.1 Å². The van der Waals surface area contributed by atoms with E-state index in [9.17, 15) is 4.79 Å². The summed E-state index contributed by atoms with van der Waals surface area (Å²) in [5.41, 5.74) is 8.54. The molecule has 4 aromatic heterocycles. The molecule has 0 unspecified atom stereocenters. The summed E-state index contributed by atoms with van der Waals surface area (Å²) < 4.78 is 12.8. The van der Waals surface area contributed by atoms with E-state index in [4.69, 9.17) is 20.1 Å². The Morgan fingerprint density at radius 1 is 1.22 bits per heavy atom. The van der Waals surface area contributed by atoms with E-state index in [0.717, 1.165) is 16.6 Å². The number of nitrogens with one attached hydrogen (secondary N) is 1. The summed E-state index contributed by atoms with van der Waals surface area (Å²) in [6.07, 6.45) is 4.49. The largest absolute Gasteiger partial charge is 0.491 e. The summed E-state index contributed by atoms with van der Waals surface area (Å²) in [7, 11) is 1.51. The molecule has 0 bridgehead atoms. The molecule has 11 heteroatoms. The summed E-state index contributed by atoms with van der Waals surface area (Å²) in [5, 5.41) is 12.9. The van der Waals surface area contributed by atoms with Crippen molar-refractivity contribution >= 4 is 28.3 Å². The lowest BCUT2D eigenvalue weighted by molar-refractivity contribution is 0.100. The summed E-state index contributed by atoms with van der Waals surface area (Å²) in [5.74, 6) is 1.47. The van der Waals surface area contributed by atoms with Gasteiger partial charge in [-0.2, -0.15) is 5.10 Å². The van der Waals surface area contributed by atoms with Crippen molar-refractivity contribution in [2.75, 3.05) is 12.4 Å². The molecule has 0 radical (unpaired) electrons. The van der Waals surface area contributed by atoms with Crippen LogP contribution < -0.4 is 15.8 Å². The number of benzene rings is 1. The van der Waals surface area contributed by atoms with Gasteiger partial charge in [0.05, 0.1) is 35.8 Å². The van der Waals surface area contributed by atoms with E-state index in [1.165, 1.54) is 13.3 Å². The van der Waals surface area contributed by atoms with Gasteiger partial charge in [0.25, 0.3) is 5.91 Å². The number of anilines is 2. The molecule has 0 aliphatic carbocycles. The van der Waals surface area contributed by atoms with Gasteiger partial charge in [-0.15, -0.1) is 0 Å². The molecule has 0 saturated carbocycles. The topological polar surface area (TPSA) is 147 Å². The van der Waals surface area contributed by atoms with E-state index in [2.05, 4.69) is 39.3 Å². The number of carbonyl (C=O) groups is 1. The van der Waals surface area contributed by atoms with Gasteiger partial charge in [0, 0.05) is 23.8 Å².